The molecule has 7 rings (SSSR count). The van der Waals surface area contributed by atoms with Crippen LogP contribution in [0.5, 0.6) is 5.75 Å². The molecule has 40 heavy (non-hydrogen) atoms. The third-order valence-corrected chi connectivity index (χ3v) is 9.76. The molecule has 210 valence electrons. The number of amides is 1. The molecule has 0 unspecified atom stereocenters. The number of nitrogens with zero attached hydrogens (tertiary/aromatic N) is 5. The van der Waals surface area contributed by atoms with Crippen LogP contribution < -0.4 is 10.5 Å². The highest BCUT2D eigenvalue weighted by Crippen LogP contribution is 2.44. The Kier molecular flexibility index (Phi) is 5.94. The van der Waals surface area contributed by atoms with Gasteiger partial charge in [-0.25, -0.2) is 9.97 Å². The number of carbonyl (C=O) groups is 1. The maximum Gasteiger partial charge on any atom is 0.254 e. The second-order valence-electron chi connectivity index (χ2n) is 12.2. The van der Waals surface area contributed by atoms with Crippen LogP contribution in [0.15, 0.2) is 36.5 Å². The van der Waals surface area contributed by atoms with Crippen molar-refractivity contribution in [3.63, 3.8) is 0 Å². The van der Waals surface area contributed by atoms with Gasteiger partial charge in [0.2, 0.25) is 0 Å². The Morgan fingerprint density at radius 2 is 2.00 bits per heavy atom. The normalized spacial score (nSPS) is 27.6. The summed E-state index contributed by atoms with van der Waals surface area (Å²) < 4.78 is 16.2. The van der Waals surface area contributed by atoms with Gasteiger partial charge in [-0.1, -0.05) is 0 Å². The number of fused-ring (bicyclic) bond motifs is 4. The highest BCUT2D eigenvalue weighted by atomic mass is 16.5. The van der Waals surface area contributed by atoms with E-state index in [4.69, 9.17) is 20.2 Å². The number of aryl methyl sites for hydroxylation is 1. The van der Waals surface area contributed by atoms with Gasteiger partial charge >= 0.3 is 0 Å². The fourth-order valence-corrected chi connectivity index (χ4v) is 7.64. The van der Waals surface area contributed by atoms with Crippen molar-refractivity contribution in [1.82, 2.24) is 24.0 Å². The maximum absolute atomic E-state index is 13.8. The molecule has 1 aliphatic heterocycles. The monoisotopic (exact) mass is 542 g/mol. The van der Waals surface area contributed by atoms with E-state index in [0.717, 1.165) is 78.9 Å². The molecule has 0 radical (unpaired) electrons. The fourth-order valence-electron chi connectivity index (χ4n) is 7.64. The highest BCUT2D eigenvalue weighted by molar-refractivity contribution is 6.00. The second kappa shape index (κ2) is 9.31. The van der Waals surface area contributed by atoms with Crippen molar-refractivity contribution in [3.05, 3.63) is 42.1 Å². The van der Waals surface area contributed by atoms with Gasteiger partial charge in [-0.3, -0.25) is 4.79 Å². The summed E-state index contributed by atoms with van der Waals surface area (Å²) in [6.07, 6.45) is 5.89. The second-order valence-corrected chi connectivity index (χ2v) is 12.2. The van der Waals surface area contributed by atoms with Crippen molar-refractivity contribution < 1.29 is 14.3 Å². The average molecular weight is 543 g/mol. The molecule has 1 saturated heterocycles. The number of nitrogens with two attached hydrogens (primary N) is 1. The van der Waals surface area contributed by atoms with Crippen molar-refractivity contribution in [3.8, 4) is 17.3 Å². The van der Waals surface area contributed by atoms with Gasteiger partial charge in [-0.2, -0.15) is 0 Å². The van der Waals surface area contributed by atoms with E-state index in [1.54, 1.807) is 14.2 Å². The molecule has 1 aromatic carbocycles. The number of hydrogen-bond acceptors (Lipinski definition) is 6. The Bertz CT molecular complexity index is 1620. The molecule has 3 aliphatic rings. The summed E-state index contributed by atoms with van der Waals surface area (Å²) in [5.74, 6) is 2.40. The Morgan fingerprint density at radius 1 is 1.18 bits per heavy atom. The minimum Gasteiger partial charge on any atom is -0.494 e. The Balaban J connectivity index is 1.37. The largest absolute Gasteiger partial charge is 0.494 e. The van der Waals surface area contributed by atoms with E-state index in [1.165, 1.54) is 0 Å². The lowest BCUT2D eigenvalue weighted by Gasteiger charge is -2.44. The number of carbonyl (C=O) groups excluding carboxylic acids is 1. The summed E-state index contributed by atoms with van der Waals surface area (Å²) in [6.45, 7) is 6.59. The summed E-state index contributed by atoms with van der Waals surface area (Å²) in [4.78, 5) is 25.6. The molecule has 2 aliphatic carbocycles. The van der Waals surface area contributed by atoms with Crippen LogP contribution in [0, 0.1) is 11.8 Å². The van der Waals surface area contributed by atoms with Crippen molar-refractivity contribution >= 4 is 28.0 Å². The summed E-state index contributed by atoms with van der Waals surface area (Å²) in [5.41, 5.74) is 10.6. The third-order valence-electron chi connectivity index (χ3n) is 9.76. The van der Waals surface area contributed by atoms with Crippen LogP contribution in [0.1, 0.15) is 49.9 Å². The molecule has 2 saturated carbocycles. The number of hydrogen-bond donors (Lipinski definition) is 1. The zero-order chi connectivity index (χ0) is 27.8. The number of rotatable bonds is 7. The summed E-state index contributed by atoms with van der Waals surface area (Å²) >= 11 is 0. The molecule has 2 N–H and O–H groups in total. The van der Waals surface area contributed by atoms with Crippen molar-refractivity contribution in [1.29, 1.82) is 0 Å². The van der Waals surface area contributed by atoms with Gasteiger partial charge in [-0.15, -0.1) is 0 Å². The summed E-state index contributed by atoms with van der Waals surface area (Å²) in [7, 11) is 3.47. The number of benzene rings is 1. The number of piperidine rings is 1. The van der Waals surface area contributed by atoms with E-state index < -0.39 is 0 Å². The first-order valence-corrected chi connectivity index (χ1v) is 14.5. The van der Waals surface area contributed by atoms with Gasteiger partial charge < -0.3 is 29.2 Å². The number of pyridine rings is 1. The zero-order valence-electron chi connectivity index (χ0n) is 23.8. The first kappa shape index (κ1) is 25.5. The topological polar surface area (TPSA) is 100 Å². The number of imidazole rings is 1. The molecule has 1 amide bonds. The van der Waals surface area contributed by atoms with Crippen molar-refractivity contribution in [2.75, 3.05) is 20.8 Å². The van der Waals surface area contributed by atoms with Gasteiger partial charge in [0, 0.05) is 56.0 Å². The number of likely N-dealkylation sites (tertiary alicyclic amines) is 1. The molecule has 9 nitrogen and oxygen atoms in total. The molecular weight excluding hydrogens is 504 g/mol. The molecule has 0 spiro atoms. The van der Waals surface area contributed by atoms with Crippen molar-refractivity contribution in [2.24, 2.45) is 17.6 Å². The average Bonchev–Trinajstić information content (AvgIpc) is 3.70. The standard InChI is InChI=1S/C31H38N6O3/c1-5-35-24(12-19-7-6-10-33-28(19)35)29-34-22-11-21(30(38)36-17-20-8-9-23(36)26(20)32)13-25(39-3)27(22)37(29)16-18-14-31(2,15-18)40-4/h6-7,10-13,18,20,23,26H,5,8-9,14-17,32H2,1-4H3/t18-,20-,23-,26-,31+/m1/s1. The van der Waals surface area contributed by atoms with Gasteiger partial charge in [0.1, 0.15) is 16.9 Å². The predicted molar refractivity (Wildman–Crippen MR) is 154 cm³/mol. The molecule has 3 fully saturated rings. The first-order chi connectivity index (χ1) is 19.3. The van der Waals surface area contributed by atoms with Crippen LogP contribution >= 0.6 is 0 Å². The predicted octanol–water partition coefficient (Wildman–Crippen LogP) is 4.46. The van der Waals surface area contributed by atoms with Gasteiger partial charge in [0.05, 0.1) is 23.9 Å². The van der Waals surface area contributed by atoms with E-state index >= 15 is 0 Å². The number of methoxy groups -OCH3 is 2. The lowest BCUT2D eigenvalue weighted by atomic mass is 9.72. The van der Waals surface area contributed by atoms with Crippen molar-refractivity contribution in [2.45, 2.75) is 70.3 Å². The lowest BCUT2D eigenvalue weighted by Crippen LogP contribution is -2.44. The summed E-state index contributed by atoms with van der Waals surface area (Å²) in [6, 6.07) is 10.2. The molecule has 2 bridgehead atoms. The van der Waals surface area contributed by atoms with E-state index in [2.05, 4.69) is 40.1 Å². The quantitative estimate of drug-likeness (QED) is 0.370. The van der Waals surface area contributed by atoms with Crippen LogP contribution in [0.3, 0.4) is 0 Å². The fraction of sp³-hybridized carbons (Fsp3) is 0.516. The van der Waals surface area contributed by atoms with Gasteiger partial charge in [0.25, 0.3) is 5.91 Å². The maximum atomic E-state index is 13.8. The summed E-state index contributed by atoms with van der Waals surface area (Å²) in [5, 5.41) is 1.08. The van der Waals surface area contributed by atoms with E-state index in [9.17, 15) is 4.79 Å². The molecular formula is C31H38N6O3. The lowest BCUT2D eigenvalue weighted by molar-refractivity contribution is -0.0937. The van der Waals surface area contributed by atoms with Crippen LogP contribution in [0.4, 0.5) is 0 Å². The van der Waals surface area contributed by atoms with E-state index in [1.807, 2.05) is 29.3 Å². The first-order valence-electron chi connectivity index (χ1n) is 14.5. The van der Waals surface area contributed by atoms with Crippen LogP contribution in [0.2, 0.25) is 0 Å². The Hall–Kier alpha value is -3.43. The SMILES string of the molecule is CCn1c(-c2nc3cc(C(=O)N4C[C@H]5CC[C@@H]4[C@@H]5N)cc(OC)c3n2C[C@H]2C[C@@](C)(OC)C2)cc2cccnc21. The van der Waals surface area contributed by atoms with Gasteiger partial charge in [0.15, 0.2) is 5.82 Å². The molecule has 3 atom stereocenters. The number of ether oxygens (including phenoxy) is 2. The van der Waals surface area contributed by atoms with E-state index in [-0.39, 0.29) is 23.6 Å². The molecule has 4 aromatic rings. The van der Waals surface area contributed by atoms with Gasteiger partial charge in [-0.05, 0) is 81.7 Å². The van der Waals surface area contributed by atoms with Crippen LogP contribution in [-0.4, -0.2) is 68.4 Å². The minimum absolute atomic E-state index is 0.0145. The van der Waals surface area contributed by atoms with E-state index in [0.29, 0.717) is 23.1 Å². The Morgan fingerprint density at radius 3 is 2.67 bits per heavy atom. The molecule has 4 heterocycles. The molecule has 3 aromatic heterocycles. The van der Waals surface area contributed by atoms with Crippen LogP contribution in [-0.2, 0) is 17.8 Å². The smallest absolute Gasteiger partial charge is 0.254 e. The molecule has 9 heteroatoms. The highest BCUT2D eigenvalue weighted by Gasteiger charge is 2.47. The third kappa shape index (κ3) is 3.78. The Labute approximate surface area is 234 Å². The number of aromatic nitrogens is 4. The van der Waals surface area contributed by atoms with Crippen LogP contribution in [0.25, 0.3) is 33.6 Å². The zero-order valence-corrected chi connectivity index (χ0v) is 23.8. The minimum atomic E-state index is -0.0803.